The standard InChI is InChI=1S/C26H28N4O2S/c31-17-32-16-24(20-4-5-20)30-11-9-29(10-12-30)15-18-1-6-22(28-14-18)25-13-23-26(33-25)21(7-8-27-23)19-2-3-19/h1,6-8,13-14,17,19H,2-5,9-12,15-16H2. The summed E-state index contributed by atoms with van der Waals surface area (Å²) in [5, 5.41) is 0. The first-order valence-corrected chi connectivity index (χ1v) is 12.7. The van der Waals surface area contributed by atoms with Gasteiger partial charge in [0.2, 0.25) is 0 Å². The van der Waals surface area contributed by atoms with Crippen LogP contribution in [0.3, 0.4) is 0 Å². The second-order valence-corrected chi connectivity index (χ2v) is 10.3. The molecule has 2 aliphatic carbocycles. The van der Waals surface area contributed by atoms with E-state index in [9.17, 15) is 4.79 Å². The Bertz CT molecular complexity index is 1180. The molecule has 7 heteroatoms. The quantitative estimate of drug-likeness (QED) is 0.459. The molecule has 0 atom stereocenters. The number of aromatic nitrogens is 2. The maximum Gasteiger partial charge on any atom is 0.293 e. The minimum Gasteiger partial charge on any atom is -0.461 e. The maximum absolute atomic E-state index is 10.6. The summed E-state index contributed by atoms with van der Waals surface area (Å²) < 4.78 is 6.39. The third-order valence-electron chi connectivity index (χ3n) is 6.89. The number of allylic oxidation sites excluding steroid dienone is 1. The van der Waals surface area contributed by atoms with Crippen LogP contribution in [0.15, 0.2) is 47.9 Å². The highest BCUT2D eigenvalue weighted by Crippen LogP contribution is 2.45. The summed E-state index contributed by atoms with van der Waals surface area (Å²) >= 11 is 1.83. The van der Waals surface area contributed by atoms with Crippen LogP contribution < -0.4 is 0 Å². The largest absolute Gasteiger partial charge is 0.461 e. The lowest BCUT2D eigenvalue weighted by atomic mass is 10.1. The Morgan fingerprint density at radius 2 is 1.97 bits per heavy atom. The number of carbonyl (C=O) groups is 1. The predicted octanol–water partition coefficient (Wildman–Crippen LogP) is 4.57. The number of thiophene rings is 1. The van der Waals surface area contributed by atoms with E-state index < -0.39 is 0 Å². The molecule has 0 aromatic carbocycles. The van der Waals surface area contributed by atoms with Gasteiger partial charge in [-0.25, -0.2) is 0 Å². The molecule has 6 rings (SSSR count). The van der Waals surface area contributed by atoms with Gasteiger partial charge in [0.15, 0.2) is 0 Å². The zero-order chi connectivity index (χ0) is 22.2. The lowest BCUT2D eigenvalue weighted by molar-refractivity contribution is -0.128. The number of ether oxygens (including phenoxy) is 1. The smallest absolute Gasteiger partial charge is 0.293 e. The molecule has 0 N–H and O–H groups in total. The van der Waals surface area contributed by atoms with Gasteiger partial charge in [0.25, 0.3) is 6.47 Å². The first kappa shape index (κ1) is 20.8. The molecule has 0 bridgehead atoms. The highest BCUT2D eigenvalue weighted by Gasteiger charge is 2.27. The minimum absolute atomic E-state index is 0.416. The highest BCUT2D eigenvalue weighted by molar-refractivity contribution is 7.22. The van der Waals surface area contributed by atoms with Gasteiger partial charge in [0, 0.05) is 45.1 Å². The summed E-state index contributed by atoms with van der Waals surface area (Å²) in [6.45, 7) is 5.85. The lowest BCUT2D eigenvalue weighted by Gasteiger charge is -2.37. The second kappa shape index (κ2) is 8.88. The molecule has 33 heavy (non-hydrogen) atoms. The molecule has 3 aliphatic rings. The fourth-order valence-electron chi connectivity index (χ4n) is 4.78. The first-order chi connectivity index (χ1) is 16.3. The normalized spacial score (nSPS) is 18.5. The highest BCUT2D eigenvalue weighted by atomic mass is 32.1. The van der Waals surface area contributed by atoms with E-state index in [0.29, 0.717) is 13.1 Å². The molecular formula is C26H28N4O2S. The van der Waals surface area contributed by atoms with Gasteiger partial charge in [0.1, 0.15) is 6.61 Å². The molecule has 0 radical (unpaired) electrons. The van der Waals surface area contributed by atoms with Gasteiger partial charge < -0.3 is 9.64 Å². The summed E-state index contributed by atoms with van der Waals surface area (Å²) in [5.74, 6) is 0.729. The third kappa shape index (κ3) is 4.52. The van der Waals surface area contributed by atoms with Crippen molar-refractivity contribution in [3.8, 4) is 10.6 Å². The molecular weight excluding hydrogens is 432 g/mol. The van der Waals surface area contributed by atoms with Crippen molar-refractivity contribution in [2.75, 3.05) is 32.8 Å². The van der Waals surface area contributed by atoms with Gasteiger partial charge in [-0.3, -0.25) is 19.7 Å². The molecule has 4 heterocycles. The van der Waals surface area contributed by atoms with Gasteiger partial charge in [0.05, 0.1) is 26.5 Å². The predicted molar refractivity (Wildman–Crippen MR) is 130 cm³/mol. The monoisotopic (exact) mass is 460 g/mol. The van der Waals surface area contributed by atoms with Crippen LogP contribution in [0, 0.1) is 0 Å². The van der Waals surface area contributed by atoms with Crippen molar-refractivity contribution in [2.24, 2.45) is 0 Å². The number of hydrogen-bond acceptors (Lipinski definition) is 7. The van der Waals surface area contributed by atoms with Crippen molar-refractivity contribution in [1.29, 1.82) is 0 Å². The van der Waals surface area contributed by atoms with Crippen molar-refractivity contribution < 1.29 is 9.53 Å². The van der Waals surface area contributed by atoms with Crippen LogP contribution in [0.4, 0.5) is 0 Å². The minimum atomic E-state index is 0.416. The number of nitrogens with zero attached hydrogens (tertiary/aromatic N) is 4. The summed E-state index contributed by atoms with van der Waals surface area (Å²) in [7, 11) is 0. The van der Waals surface area contributed by atoms with Crippen LogP contribution in [0.25, 0.3) is 20.8 Å². The van der Waals surface area contributed by atoms with Crippen molar-refractivity contribution in [2.45, 2.75) is 38.1 Å². The molecule has 1 saturated heterocycles. The molecule has 0 spiro atoms. The van der Waals surface area contributed by atoms with Gasteiger partial charge >= 0.3 is 0 Å². The van der Waals surface area contributed by atoms with E-state index in [4.69, 9.17) is 9.72 Å². The van der Waals surface area contributed by atoms with E-state index in [2.05, 4.69) is 39.0 Å². The van der Waals surface area contributed by atoms with Gasteiger partial charge in [-0.05, 0) is 66.5 Å². The Balaban J connectivity index is 1.09. The van der Waals surface area contributed by atoms with Crippen molar-refractivity contribution in [1.82, 2.24) is 19.8 Å². The Morgan fingerprint density at radius 1 is 1.12 bits per heavy atom. The van der Waals surface area contributed by atoms with E-state index in [1.165, 1.54) is 44.8 Å². The van der Waals surface area contributed by atoms with Crippen LogP contribution in [0.2, 0.25) is 0 Å². The average Bonchev–Trinajstić information content (AvgIpc) is 3.78. The summed E-state index contributed by atoms with van der Waals surface area (Å²) in [5.41, 5.74) is 7.52. The molecule has 2 saturated carbocycles. The fourth-order valence-corrected chi connectivity index (χ4v) is 5.96. The van der Waals surface area contributed by atoms with Gasteiger partial charge in [-0.1, -0.05) is 6.07 Å². The summed E-state index contributed by atoms with van der Waals surface area (Å²) in [4.78, 5) is 26.1. The van der Waals surface area contributed by atoms with Crippen LogP contribution in [-0.4, -0.2) is 59.0 Å². The van der Waals surface area contributed by atoms with Crippen molar-refractivity contribution in [3.05, 3.63) is 59.1 Å². The van der Waals surface area contributed by atoms with Crippen LogP contribution in [0.5, 0.6) is 0 Å². The Kier molecular flexibility index (Phi) is 5.60. The number of carbonyl (C=O) groups excluding carboxylic acids is 1. The molecule has 170 valence electrons. The molecule has 1 aliphatic heterocycles. The van der Waals surface area contributed by atoms with Crippen molar-refractivity contribution in [3.63, 3.8) is 0 Å². The number of hydrogen-bond donors (Lipinski definition) is 0. The maximum atomic E-state index is 10.6. The zero-order valence-corrected chi connectivity index (χ0v) is 19.5. The average molecular weight is 461 g/mol. The molecule has 3 aromatic heterocycles. The zero-order valence-electron chi connectivity index (χ0n) is 18.7. The van der Waals surface area contributed by atoms with E-state index in [1.807, 2.05) is 23.7 Å². The number of fused-ring (bicyclic) bond motifs is 1. The SMILES string of the molecule is O=COCC(=C1CC1)N1CCN(Cc2ccc(-c3cc4nccc(C5CC5)c4s3)nc2)CC1. The Morgan fingerprint density at radius 3 is 2.67 bits per heavy atom. The Hall–Kier alpha value is -2.77. The fraction of sp³-hybridized carbons (Fsp3) is 0.423. The van der Waals surface area contributed by atoms with E-state index in [0.717, 1.165) is 62.7 Å². The number of pyridine rings is 2. The van der Waals surface area contributed by atoms with Gasteiger partial charge in [-0.15, -0.1) is 11.3 Å². The number of piperazine rings is 1. The lowest BCUT2D eigenvalue weighted by Crippen LogP contribution is -2.46. The second-order valence-electron chi connectivity index (χ2n) is 9.27. The molecule has 6 nitrogen and oxygen atoms in total. The van der Waals surface area contributed by atoms with Crippen LogP contribution >= 0.6 is 11.3 Å². The molecule has 0 amide bonds. The van der Waals surface area contributed by atoms with Crippen LogP contribution in [0.1, 0.15) is 42.7 Å². The third-order valence-corrected chi connectivity index (χ3v) is 8.09. The first-order valence-electron chi connectivity index (χ1n) is 11.9. The summed E-state index contributed by atoms with van der Waals surface area (Å²) in [6.07, 6.45) is 8.87. The van der Waals surface area contributed by atoms with Gasteiger partial charge in [-0.2, -0.15) is 0 Å². The Labute approximate surface area is 197 Å². The van der Waals surface area contributed by atoms with E-state index in [1.54, 1.807) is 0 Å². The van der Waals surface area contributed by atoms with Crippen molar-refractivity contribution >= 4 is 28.0 Å². The summed E-state index contributed by atoms with van der Waals surface area (Å²) in [6, 6.07) is 8.74. The molecule has 3 aromatic rings. The number of rotatable bonds is 8. The topological polar surface area (TPSA) is 58.6 Å². The molecule has 3 fully saturated rings. The van der Waals surface area contributed by atoms with E-state index >= 15 is 0 Å². The molecule has 0 unspecified atom stereocenters. The van der Waals surface area contributed by atoms with E-state index in [-0.39, 0.29) is 0 Å². The van der Waals surface area contributed by atoms with Crippen LogP contribution in [-0.2, 0) is 16.1 Å².